The standard InChI is InChI=1S/C19H17NO2/c21-17-7-3-6-16(13-17)18-8-1-2-9-19(18)22-12-10-15-5-4-11-20-14-15/h1-9,11,13-14,21H,10,12H2. The Morgan fingerprint density at radius 1 is 0.955 bits per heavy atom. The number of benzene rings is 2. The zero-order valence-electron chi connectivity index (χ0n) is 12.1. The van der Waals surface area contributed by atoms with Gasteiger partial charge in [-0.25, -0.2) is 0 Å². The van der Waals surface area contributed by atoms with Crippen LogP contribution in [0, 0.1) is 0 Å². The molecule has 3 rings (SSSR count). The summed E-state index contributed by atoms with van der Waals surface area (Å²) in [6, 6.07) is 19.0. The Kier molecular flexibility index (Phi) is 4.35. The molecule has 3 nitrogen and oxygen atoms in total. The summed E-state index contributed by atoms with van der Waals surface area (Å²) in [4.78, 5) is 4.10. The smallest absolute Gasteiger partial charge is 0.127 e. The number of pyridine rings is 1. The third-order valence-electron chi connectivity index (χ3n) is 3.42. The van der Waals surface area contributed by atoms with E-state index < -0.39 is 0 Å². The van der Waals surface area contributed by atoms with Gasteiger partial charge >= 0.3 is 0 Å². The van der Waals surface area contributed by atoms with Crippen molar-refractivity contribution in [3.05, 3.63) is 78.6 Å². The van der Waals surface area contributed by atoms with Crippen molar-refractivity contribution in [2.45, 2.75) is 6.42 Å². The number of hydrogen-bond donors (Lipinski definition) is 1. The summed E-state index contributed by atoms with van der Waals surface area (Å²) >= 11 is 0. The lowest BCUT2D eigenvalue weighted by atomic mass is 10.0. The SMILES string of the molecule is Oc1cccc(-c2ccccc2OCCc2cccnc2)c1. The molecular formula is C19H17NO2. The number of ether oxygens (including phenoxy) is 1. The lowest BCUT2D eigenvalue weighted by Crippen LogP contribution is -2.02. The zero-order chi connectivity index (χ0) is 15.2. The molecule has 0 saturated heterocycles. The molecule has 0 atom stereocenters. The monoisotopic (exact) mass is 291 g/mol. The molecule has 0 bridgehead atoms. The first kappa shape index (κ1) is 14.1. The van der Waals surface area contributed by atoms with Gasteiger partial charge in [-0.1, -0.05) is 36.4 Å². The van der Waals surface area contributed by atoms with E-state index in [0.717, 1.165) is 28.9 Å². The number of rotatable bonds is 5. The van der Waals surface area contributed by atoms with Crippen molar-refractivity contribution in [1.82, 2.24) is 4.98 Å². The van der Waals surface area contributed by atoms with Gasteiger partial charge in [0.15, 0.2) is 0 Å². The van der Waals surface area contributed by atoms with Crippen molar-refractivity contribution in [3.63, 3.8) is 0 Å². The van der Waals surface area contributed by atoms with Gasteiger partial charge in [-0.15, -0.1) is 0 Å². The molecule has 0 fully saturated rings. The van der Waals surface area contributed by atoms with E-state index in [0.29, 0.717) is 6.61 Å². The Bertz CT molecular complexity index is 741. The van der Waals surface area contributed by atoms with Gasteiger partial charge in [0.1, 0.15) is 11.5 Å². The third kappa shape index (κ3) is 3.44. The quantitative estimate of drug-likeness (QED) is 0.770. The van der Waals surface area contributed by atoms with Gasteiger partial charge in [0.25, 0.3) is 0 Å². The van der Waals surface area contributed by atoms with Crippen LogP contribution in [-0.2, 0) is 6.42 Å². The van der Waals surface area contributed by atoms with Crippen LogP contribution in [0.1, 0.15) is 5.56 Å². The van der Waals surface area contributed by atoms with Gasteiger partial charge in [0.05, 0.1) is 6.61 Å². The first-order valence-corrected chi connectivity index (χ1v) is 7.23. The second-order valence-electron chi connectivity index (χ2n) is 5.01. The maximum Gasteiger partial charge on any atom is 0.127 e. The van der Waals surface area contributed by atoms with Crippen LogP contribution in [0.4, 0.5) is 0 Å². The minimum atomic E-state index is 0.252. The summed E-state index contributed by atoms with van der Waals surface area (Å²) in [6.45, 7) is 0.585. The molecule has 22 heavy (non-hydrogen) atoms. The molecule has 0 aliphatic rings. The van der Waals surface area contributed by atoms with E-state index in [9.17, 15) is 5.11 Å². The second-order valence-corrected chi connectivity index (χ2v) is 5.01. The molecule has 0 radical (unpaired) electrons. The maximum absolute atomic E-state index is 9.64. The predicted molar refractivity (Wildman–Crippen MR) is 87.0 cm³/mol. The van der Waals surface area contributed by atoms with Gasteiger partial charge in [-0.3, -0.25) is 4.98 Å². The predicted octanol–water partition coefficient (Wildman–Crippen LogP) is 4.08. The van der Waals surface area contributed by atoms with E-state index in [1.807, 2.05) is 54.7 Å². The number of aromatic hydroxyl groups is 1. The van der Waals surface area contributed by atoms with Crippen LogP contribution in [0.2, 0.25) is 0 Å². The Morgan fingerprint density at radius 3 is 2.68 bits per heavy atom. The summed E-state index contributed by atoms with van der Waals surface area (Å²) < 4.78 is 5.93. The molecule has 3 heteroatoms. The van der Waals surface area contributed by atoms with Gasteiger partial charge in [-0.2, -0.15) is 0 Å². The van der Waals surface area contributed by atoms with Crippen molar-refractivity contribution in [1.29, 1.82) is 0 Å². The van der Waals surface area contributed by atoms with E-state index in [2.05, 4.69) is 4.98 Å². The molecule has 110 valence electrons. The lowest BCUT2D eigenvalue weighted by molar-refractivity contribution is 0.323. The van der Waals surface area contributed by atoms with Crippen LogP contribution < -0.4 is 4.74 Å². The number of phenolic OH excluding ortho intramolecular Hbond substituents is 1. The summed E-state index contributed by atoms with van der Waals surface area (Å²) in [7, 11) is 0. The van der Waals surface area contributed by atoms with Gasteiger partial charge in [0.2, 0.25) is 0 Å². The van der Waals surface area contributed by atoms with E-state index >= 15 is 0 Å². The van der Waals surface area contributed by atoms with E-state index in [1.165, 1.54) is 0 Å². The van der Waals surface area contributed by atoms with Crippen LogP contribution in [0.25, 0.3) is 11.1 Å². The van der Waals surface area contributed by atoms with Crippen molar-refractivity contribution >= 4 is 0 Å². The Balaban J connectivity index is 1.74. The molecular weight excluding hydrogens is 274 g/mol. The highest BCUT2D eigenvalue weighted by Crippen LogP contribution is 2.31. The molecule has 0 amide bonds. The highest BCUT2D eigenvalue weighted by atomic mass is 16.5. The fourth-order valence-electron chi connectivity index (χ4n) is 2.33. The Morgan fingerprint density at radius 2 is 1.86 bits per heavy atom. The maximum atomic E-state index is 9.64. The Labute approximate surface area is 129 Å². The highest BCUT2D eigenvalue weighted by molar-refractivity contribution is 5.71. The molecule has 1 N–H and O–H groups in total. The summed E-state index contributed by atoms with van der Waals surface area (Å²) in [6.07, 6.45) is 4.42. The van der Waals surface area contributed by atoms with Crippen molar-refractivity contribution in [3.8, 4) is 22.6 Å². The minimum Gasteiger partial charge on any atom is -0.508 e. The van der Waals surface area contributed by atoms with E-state index in [1.54, 1.807) is 18.3 Å². The summed E-state index contributed by atoms with van der Waals surface area (Å²) in [5, 5.41) is 9.64. The van der Waals surface area contributed by atoms with Crippen LogP contribution in [0.5, 0.6) is 11.5 Å². The van der Waals surface area contributed by atoms with Crippen molar-refractivity contribution in [2.24, 2.45) is 0 Å². The average molecular weight is 291 g/mol. The Hall–Kier alpha value is -2.81. The molecule has 0 spiro atoms. The van der Waals surface area contributed by atoms with Crippen molar-refractivity contribution in [2.75, 3.05) is 6.61 Å². The van der Waals surface area contributed by atoms with Crippen LogP contribution in [0.15, 0.2) is 73.1 Å². The fraction of sp³-hybridized carbons (Fsp3) is 0.105. The first-order valence-electron chi connectivity index (χ1n) is 7.23. The highest BCUT2D eigenvalue weighted by Gasteiger charge is 2.06. The number of nitrogens with zero attached hydrogens (tertiary/aromatic N) is 1. The normalized spacial score (nSPS) is 10.4. The van der Waals surface area contributed by atoms with E-state index in [-0.39, 0.29) is 5.75 Å². The minimum absolute atomic E-state index is 0.252. The van der Waals surface area contributed by atoms with Gasteiger partial charge < -0.3 is 9.84 Å². The molecule has 0 unspecified atom stereocenters. The van der Waals surface area contributed by atoms with Crippen LogP contribution in [-0.4, -0.2) is 16.7 Å². The molecule has 0 aliphatic carbocycles. The molecule has 0 aliphatic heterocycles. The van der Waals surface area contributed by atoms with Crippen LogP contribution >= 0.6 is 0 Å². The number of hydrogen-bond acceptors (Lipinski definition) is 3. The van der Waals surface area contributed by atoms with Crippen LogP contribution in [0.3, 0.4) is 0 Å². The largest absolute Gasteiger partial charge is 0.508 e. The number of phenols is 1. The first-order chi connectivity index (χ1) is 10.8. The second kappa shape index (κ2) is 6.76. The molecule has 2 aromatic carbocycles. The topological polar surface area (TPSA) is 42.4 Å². The molecule has 0 saturated carbocycles. The molecule has 3 aromatic rings. The van der Waals surface area contributed by atoms with Crippen molar-refractivity contribution < 1.29 is 9.84 Å². The molecule has 1 aromatic heterocycles. The number of aromatic nitrogens is 1. The van der Waals surface area contributed by atoms with Gasteiger partial charge in [0, 0.05) is 24.4 Å². The zero-order valence-corrected chi connectivity index (χ0v) is 12.1. The third-order valence-corrected chi connectivity index (χ3v) is 3.42. The number of para-hydroxylation sites is 1. The average Bonchev–Trinajstić information content (AvgIpc) is 2.56. The fourth-order valence-corrected chi connectivity index (χ4v) is 2.33. The molecule has 1 heterocycles. The summed E-state index contributed by atoms with van der Waals surface area (Å²) in [5.74, 6) is 1.07. The lowest BCUT2D eigenvalue weighted by Gasteiger charge is -2.12. The van der Waals surface area contributed by atoms with Gasteiger partial charge in [-0.05, 0) is 35.4 Å². The van der Waals surface area contributed by atoms with E-state index in [4.69, 9.17) is 4.74 Å². The summed E-state index contributed by atoms with van der Waals surface area (Å²) in [5.41, 5.74) is 3.07.